The van der Waals surface area contributed by atoms with E-state index >= 15 is 0 Å². The van der Waals surface area contributed by atoms with E-state index in [0.717, 1.165) is 26.2 Å². The van der Waals surface area contributed by atoms with Crippen molar-refractivity contribution in [2.75, 3.05) is 45.1 Å². The number of piperazine rings is 1. The molecule has 9 nitrogen and oxygen atoms in total. The van der Waals surface area contributed by atoms with Crippen LogP contribution in [0.5, 0.6) is 0 Å². The second-order valence-corrected chi connectivity index (χ2v) is 7.28. The van der Waals surface area contributed by atoms with Gasteiger partial charge in [-0.15, -0.1) is 0 Å². The number of rotatable bonds is 6. The third kappa shape index (κ3) is 6.21. The van der Waals surface area contributed by atoms with Crippen molar-refractivity contribution < 1.29 is 19.2 Å². The average molecular weight is 423 g/mol. The van der Waals surface area contributed by atoms with Gasteiger partial charge in [0.25, 0.3) is 17.6 Å². The summed E-state index contributed by atoms with van der Waals surface area (Å²) in [5, 5.41) is 2.65. The first-order valence-corrected chi connectivity index (χ1v) is 9.94. The Balaban J connectivity index is 1.56. The quantitative estimate of drug-likeness (QED) is 0.355. The molecule has 3 N–H and O–H groups in total. The van der Waals surface area contributed by atoms with Gasteiger partial charge in [-0.05, 0) is 31.3 Å². The van der Waals surface area contributed by atoms with E-state index in [1.54, 1.807) is 42.5 Å². The van der Waals surface area contributed by atoms with Crippen LogP contribution in [-0.2, 0) is 9.59 Å². The van der Waals surface area contributed by atoms with E-state index in [-0.39, 0.29) is 17.8 Å². The third-order valence-electron chi connectivity index (χ3n) is 4.94. The molecular formula is C22H25N5O4. The molecular weight excluding hydrogens is 398 g/mol. The SMILES string of the molecule is CN1CCN(CC(=O)NNC(=O)C(=O)c2ccccc2NC(=O)c2ccccc2)CC1. The van der Waals surface area contributed by atoms with Crippen molar-refractivity contribution in [3.63, 3.8) is 0 Å². The smallest absolute Gasteiger partial charge is 0.310 e. The highest BCUT2D eigenvalue weighted by Crippen LogP contribution is 2.17. The molecule has 0 aliphatic carbocycles. The molecule has 1 fully saturated rings. The first kappa shape index (κ1) is 22.1. The maximum atomic E-state index is 12.6. The fourth-order valence-corrected chi connectivity index (χ4v) is 3.13. The summed E-state index contributed by atoms with van der Waals surface area (Å²) in [7, 11) is 2.02. The first-order chi connectivity index (χ1) is 14.9. The Morgan fingerprint density at radius 3 is 2.19 bits per heavy atom. The fourth-order valence-electron chi connectivity index (χ4n) is 3.13. The molecule has 2 aromatic rings. The van der Waals surface area contributed by atoms with Crippen molar-refractivity contribution in [1.29, 1.82) is 0 Å². The summed E-state index contributed by atoms with van der Waals surface area (Å²) in [6, 6.07) is 14.7. The topological polar surface area (TPSA) is 111 Å². The molecule has 31 heavy (non-hydrogen) atoms. The number of hydrogen-bond acceptors (Lipinski definition) is 6. The second-order valence-electron chi connectivity index (χ2n) is 7.28. The normalized spacial score (nSPS) is 14.5. The summed E-state index contributed by atoms with van der Waals surface area (Å²) in [5.41, 5.74) is 5.09. The summed E-state index contributed by atoms with van der Waals surface area (Å²) < 4.78 is 0. The summed E-state index contributed by atoms with van der Waals surface area (Å²) in [6.45, 7) is 3.37. The molecule has 3 rings (SSSR count). The lowest BCUT2D eigenvalue weighted by Crippen LogP contribution is -2.52. The van der Waals surface area contributed by atoms with E-state index in [9.17, 15) is 19.2 Å². The zero-order valence-corrected chi connectivity index (χ0v) is 17.3. The molecule has 3 amide bonds. The van der Waals surface area contributed by atoms with Crippen molar-refractivity contribution in [3.8, 4) is 0 Å². The molecule has 0 unspecified atom stereocenters. The summed E-state index contributed by atoms with van der Waals surface area (Å²) in [5.74, 6) is -2.67. The predicted octanol–water partition coefficient (Wildman–Crippen LogP) is 0.516. The second kappa shape index (κ2) is 10.5. The van der Waals surface area contributed by atoms with Gasteiger partial charge >= 0.3 is 5.91 Å². The number of Topliss-reactive ketones (excluding diaryl/α,β-unsaturated/α-hetero) is 1. The maximum absolute atomic E-state index is 12.6. The number of amides is 3. The van der Waals surface area contributed by atoms with Crippen LogP contribution in [0.25, 0.3) is 0 Å². The largest absolute Gasteiger partial charge is 0.321 e. The van der Waals surface area contributed by atoms with Gasteiger partial charge in [0.15, 0.2) is 0 Å². The summed E-state index contributed by atoms with van der Waals surface area (Å²) in [4.78, 5) is 53.5. The number of benzene rings is 2. The molecule has 162 valence electrons. The zero-order valence-electron chi connectivity index (χ0n) is 17.3. The molecule has 0 atom stereocenters. The lowest BCUT2D eigenvalue weighted by molar-refractivity contribution is -0.127. The summed E-state index contributed by atoms with van der Waals surface area (Å²) >= 11 is 0. The number of carbonyl (C=O) groups excluding carboxylic acids is 4. The monoisotopic (exact) mass is 423 g/mol. The molecule has 1 aliphatic heterocycles. The van der Waals surface area contributed by atoms with Crippen molar-refractivity contribution >= 4 is 29.2 Å². The van der Waals surface area contributed by atoms with Crippen molar-refractivity contribution in [2.45, 2.75) is 0 Å². The Labute approximate surface area is 180 Å². The number of hydrazine groups is 1. The molecule has 1 saturated heterocycles. The van der Waals surface area contributed by atoms with Crippen LogP contribution >= 0.6 is 0 Å². The van der Waals surface area contributed by atoms with Gasteiger partial charge in [-0.25, -0.2) is 0 Å². The first-order valence-electron chi connectivity index (χ1n) is 9.94. The van der Waals surface area contributed by atoms with Crippen LogP contribution in [0.4, 0.5) is 5.69 Å². The van der Waals surface area contributed by atoms with Gasteiger partial charge in [0.1, 0.15) is 0 Å². The number of nitrogens with one attached hydrogen (secondary N) is 3. The van der Waals surface area contributed by atoms with Gasteiger partial charge in [0.05, 0.1) is 17.8 Å². The van der Waals surface area contributed by atoms with Crippen LogP contribution in [-0.4, -0.2) is 73.1 Å². The Morgan fingerprint density at radius 2 is 1.48 bits per heavy atom. The van der Waals surface area contributed by atoms with E-state index in [1.165, 1.54) is 12.1 Å². The number of para-hydroxylation sites is 1. The molecule has 1 aliphatic rings. The van der Waals surface area contributed by atoms with Crippen LogP contribution in [0, 0.1) is 0 Å². The van der Waals surface area contributed by atoms with Gasteiger partial charge < -0.3 is 10.2 Å². The number of likely N-dealkylation sites (N-methyl/N-ethyl adjacent to an activating group) is 1. The minimum Gasteiger partial charge on any atom is -0.321 e. The van der Waals surface area contributed by atoms with Crippen molar-refractivity contribution in [1.82, 2.24) is 20.7 Å². The number of carbonyl (C=O) groups is 4. The zero-order chi connectivity index (χ0) is 22.2. The highest BCUT2D eigenvalue weighted by atomic mass is 16.2. The number of hydrogen-bond donors (Lipinski definition) is 3. The minimum absolute atomic E-state index is 0.0256. The standard InChI is InChI=1S/C22H25N5O4/c1-26-11-13-27(14-12-26)15-19(28)24-25-22(31)20(29)17-9-5-6-10-18(17)23-21(30)16-7-3-2-4-8-16/h2-10H,11-15H2,1H3,(H,23,30)(H,24,28)(H,25,31). The Kier molecular flexibility index (Phi) is 7.47. The molecule has 0 radical (unpaired) electrons. The molecule has 0 saturated carbocycles. The van der Waals surface area contributed by atoms with Crippen LogP contribution in [0.2, 0.25) is 0 Å². The number of ketones is 1. The van der Waals surface area contributed by atoms with Crippen molar-refractivity contribution in [3.05, 3.63) is 65.7 Å². The lowest BCUT2D eigenvalue weighted by atomic mass is 10.1. The van der Waals surface area contributed by atoms with Gasteiger partial charge in [-0.3, -0.25) is 34.9 Å². The molecule has 1 heterocycles. The highest BCUT2D eigenvalue weighted by Gasteiger charge is 2.22. The third-order valence-corrected chi connectivity index (χ3v) is 4.94. The van der Waals surface area contributed by atoms with E-state index in [4.69, 9.17) is 0 Å². The van der Waals surface area contributed by atoms with E-state index in [1.807, 2.05) is 11.9 Å². The molecule has 0 bridgehead atoms. The summed E-state index contributed by atoms with van der Waals surface area (Å²) in [6.07, 6.45) is 0. The highest BCUT2D eigenvalue weighted by molar-refractivity contribution is 6.44. The Bertz CT molecular complexity index is 955. The maximum Gasteiger partial charge on any atom is 0.310 e. The molecule has 0 spiro atoms. The molecule has 2 aromatic carbocycles. The van der Waals surface area contributed by atoms with E-state index < -0.39 is 23.5 Å². The number of anilines is 1. The van der Waals surface area contributed by atoms with Crippen LogP contribution in [0.15, 0.2) is 54.6 Å². The molecule has 9 heteroatoms. The Hall–Kier alpha value is -3.56. The number of nitrogens with zero attached hydrogens (tertiary/aromatic N) is 2. The molecule has 0 aromatic heterocycles. The van der Waals surface area contributed by atoms with E-state index in [0.29, 0.717) is 5.56 Å². The van der Waals surface area contributed by atoms with Crippen LogP contribution < -0.4 is 16.2 Å². The van der Waals surface area contributed by atoms with Crippen LogP contribution in [0.1, 0.15) is 20.7 Å². The average Bonchev–Trinajstić information content (AvgIpc) is 2.79. The van der Waals surface area contributed by atoms with Gasteiger partial charge in [0, 0.05) is 31.7 Å². The van der Waals surface area contributed by atoms with E-state index in [2.05, 4.69) is 21.1 Å². The predicted molar refractivity (Wildman–Crippen MR) is 115 cm³/mol. The van der Waals surface area contributed by atoms with Gasteiger partial charge in [0.2, 0.25) is 0 Å². The Morgan fingerprint density at radius 1 is 0.839 bits per heavy atom. The van der Waals surface area contributed by atoms with Crippen LogP contribution in [0.3, 0.4) is 0 Å². The van der Waals surface area contributed by atoms with Crippen molar-refractivity contribution in [2.24, 2.45) is 0 Å². The van der Waals surface area contributed by atoms with Gasteiger partial charge in [-0.2, -0.15) is 0 Å². The minimum atomic E-state index is -0.992. The fraction of sp³-hybridized carbons (Fsp3) is 0.273. The van der Waals surface area contributed by atoms with Gasteiger partial charge in [-0.1, -0.05) is 30.3 Å². The lowest BCUT2D eigenvalue weighted by Gasteiger charge is -2.31.